The van der Waals surface area contributed by atoms with E-state index in [1.165, 1.54) is 24.4 Å². The molecular weight excluding hydrogens is 639 g/mol. The number of anilines is 2. The summed E-state index contributed by atoms with van der Waals surface area (Å²) in [5.41, 5.74) is 5.54. The van der Waals surface area contributed by atoms with E-state index in [1.54, 1.807) is 36.4 Å². The molecule has 1 aliphatic rings. The maximum atomic E-state index is 13.5. The number of halogens is 2. The Hall–Kier alpha value is -4.41. The number of hydrogen-bond acceptors (Lipinski definition) is 6. The largest absolute Gasteiger partial charge is 0.481 e. The molecule has 2 heterocycles. The van der Waals surface area contributed by atoms with E-state index in [-0.39, 0.29) is 29.5 Å². The summed E-state index contributed by atoms with van der Waals surface area (Å²) in [4.78, 5) is 44.5. The number of hydrogen-bond donors (Lipinski definition) is 3. The number of piperidine rings is 1. The average Bonchev–Trinajstić information content (AvgIpc) is 3.10. The van der Waals surface area contributed by atoms with Crippen LogP contribution in [0.1, 0.15) is 63.1 Å². The Morgan fingerprint density at radius 2 is 1.68 bits per heavy atom. The van der Waals surface area contributed by atoms with Crippen LogP contribution in [0.15, 0.2) is 79.0 Å². The van der Waals surface area contributed by atoms with Crippen LogP contribution in [0, 0.1) is 0 Å². The third-order valence-electron chi connectivity index (χ3n) is 7.87. The second-order valence-electron chi connectivity index (χ2n) is 11.3. The van der Waals surface area contributed by atoms with Crippen molar-refractivity contribution in [1.29, 1.82) is 0 Å². The maximum Gasteiger partial charge on any atom is 0.304 e. The van der Waals surface area contributed by atoms with Gasteiger partial charge in [0.15, 0.2) is 0 Å². The predicted molar refractivity (Wildman–Crippen MR) is 186 cm³/mol. The van der Waals surface area contributed by atoms with Gasteiger partial charge in [0.2, 0.25) is 0 Å². The molecule has 0 atom stereocenters. The first-order valence-electron chi connectivity index (χ1n) is 15.5. The number of carboxylic acids is 1. The van der Waals surface area contributed by atoms with Crippen LogP contribution in [0.5, 0.6) is 0 Å². The Labute approximate surface area is 282 Å². The predicted octanol–water partition coefficient (Wildman–Crippen LogP) is 7.75. The van der Waals surface area contributed by atoms with E-state index in [4.69, 9.17) is 16.7 Å². The molecule has 1 aliphatic heterocycles. The SMILES string of the molecule is O=C(O)CCSCc1cccc(C(=O)Nc2ccc(N3CCCCC3)cc2-c2cc(C(=O)NCc3cccc(CF)c3)c(Cl)cn2)c1. The van der Waals surface area contributed by atoms with Crippen molar-refractivity contribution in [2.24, 2.45) is 0 Å². The van der Waals surface area contributed by atoms with Crippen LogP contribution in [-0.2, 0) is 23.8 Å². The molecule has 1 aromatic heterocycles. The molecule has 11 heteroatoms. The van der Waals surface area contributed by atoms with Crippen molar-refractivity contribution in [3.05, 3.63) is 112 Å². The summed E-state index contributed by atoms with van der Waals surface area (Å²) in [6.07, 6.45) is 4.88. The first-order valence-corrected chi connectivity index (χ1v) is 17.0. The van der Waals surface area contributed by atoms with Gasteiger partial charge >= 0.3 is 5.97 Å². The van der Waals surface area contributed by atoms with Crippen molar-refractivity contribution in [1.82, 2.24) is 10.3 Å². The molecule has 0 bridgehead atoms. The average molecular weight is 675 g/mol. The normalized spacial score (nSPS) is 12.9. The summed E-state index contributed by atoms with van der Waals surface area (Å²) in [7, 11) is 0. The summed E-state index contributed by atoms with van der Waals surface area (Å²) >= 11 is 7.96. The lowest BCUT2D eigenvalue weighted by atomic mass is 10.0. The van der Waals surface area contributed by atoms with Crippen LogP contribution in [0.3, 0.4) is 0 Å². The van der Waals surface area contributed by atoms with Crippen LogP contribution in [0.25, 0.3) is 11.3 Å². The quantitative estimate of drug-likeness (QED) is 0.124. The van der Waals surface area contributed by atoms with E-state index in [9.17, 15) is 18.8 Å². The van der Waals surface area contributed by atoms with E-state index >= 15 is 0 Å². The van der Waals surface area contributed by atoms with E-state index < -0.39 is 18.6 Å². The molecule has 3 aromatic carbocycles. The highest BCUT2D eigenvalue weighted by molar-refractivity contribution is 7.98. The number of nitrogens with zero attached hydrogens (tertiary/aromatic N) is 2. The second-order valence-corrected chi connectivity index (χ2v) is 12.8. The molecule has 1 fully saturated rings. The number of alkyl halides is 1. The van der Waals surface area contributed by atoms with E-state index in [2.05, 4.69) is 20.5 Å². The Bertz CT molecular complexity index is 1750. The van der Waals surface area contributed by atoms with Crippen LogP contribution in [-0.4, -0.2) is 46.7 Å². The standard InChI is InChI=1S/C36H36ClFN4O4S/c37-31-22-39-33(19-29(31)36(46)40-21-25-7-4-6-24(16-25)20-38)30-18-28(42-13-2-1-3-14-42)10-11-32(30)41-35(45)27-9-5-8-26(17-27)23-47-15-12-34(43)44/h4-11,16-19,22H,1-3,12-15,20-21,23H2,(H,40,46)(H,41,45)(H,43,44). The Balaban J connectivity index is 1.40. The number of thioether (sulfide) groups is 1. The van der Waals surface area contributed by atoms with E-state index in [0.29, 0.717) is 39.6 Å². The molecule has 244 valence electrons. The third kappa shape index (κ3) is 9.33. The van der Waals surface area contributed by atoms with Gasteiger partial charge in [-0.3, -0.25) is 19.4 Å². The first kappa shape index (κ1) is 33.9. The minimum Gasteiger partial charge on any atom is -0.481 e. The molecular formula is C36H36ClFN4O4S. The van der Waals surface area contributed by atoms with Crippen LogP contribution in [0.4, 0.5) is 15.8 Å². The lowest BCUT2D eigenvalue weighted by Crippen LogP contribution is -2.29. The molecule has 5 rings (SSSR count). The van der Waals surface area contributed by atoms with Crippen molar-refractivity contribution < 1.29 is 23.9 Å². The fourth-order valence-electron chi connectivity index (χ4n) is 5.41. The zero-order valence-corrected chi connectivity index (χ0v) is 27.4. The monoisotopic (exact) mass is 674 g/mol. The maximum absolute atomic E-state index is 13.5. The Kier molecular flexibility index (Phi) is 11.9. The number of carbonyl (C=O) groups is 3. The molecule has 8 nitrogen and oxygen atoms in total. The number of carboxylic acid groups (broad SMARTS) is 1. The van der Waals surface area contributed by atoms with Gasteiger partial charge in [-0.25, -0.2) is 4.39 Å². The van der Waals surface area contributed by atoms with Gasteiger partial charge in [-0.05, 0) is 72.4 Å². The van der Waals surface area contributed by atoms with Gasteiger partial charge in [-0.2, -0.15) is 11.8 Å². The summed E-state index contributed by atoms with van der Waals surface area (Å²) in [6.45, 7) is 1.46. The van der Waals surface area contributed by atoms with Crippen LogP contribution in [0.2, 0.25) is 5.02 Å². The number of amides is 2. The van der Waals surface area contributed by atoms with Gasteiger partial charge in [-0.15, -0.1) is 0 Å². The highest BCUT2D eigenvalue weighted by atomic mass is 35.5. The number of aliphatic carboxylic acids is 1. The fourth-order valence-corrected chi connectivity index (χ4v) is 6.48. The highest BCUT2D eigenvalue weighted by Gasteiger charge is 2.19. The number of carbonyl (C=O) groups excluding carboxylic acids is 2. The van der Waals surface area contributed by atoms with Crippen molar-refractivity contribution in [3.63, 3.8) is 0 Å². The molecule has 1 saturated heterocycles. The van der Waals surface area contributed by atoms with Gasteiger partial charge in [-0.1, -0.05) is 48.0 Å². The zero-order valence-electron chi connectivity index (χ0n) is 25.8. The minimum atomic E-state index is -0.837. The zero-order chi connectivity index (χ0) is 33.2. The lowest BCUT2D eigenvalue weighted by molar-refractivity contribution is -0.136. The summed E-state index contributed by atoms with van der Waals surface area (Å²) in [5, 5.41) is 15.0. The van der Waals surface area contributed by atoms with Gasteiger partial charge in [0.05, 0.1) is 28.4 Å². The van der Waals surface area contributed by atoms with Crippen LogP contribution >= 0.6 is 23.4 Å². The summed E-state index contributed by atoms with van der Waals surface area (Å²) in [6, 6.07) is 21.6. The Morgan fingerprint density at radius 3 is 2.47 bits per heavy atom. The van der Waals surface area contributed by atoms with Gasteiger partial charge in [0.25, 0.3) is 11.8 Å². The molecule has 3 N–H and O–H groups in total. The topological polar surface area (TPSA) is 112 Å². The molecule has 0 radical (unpaired) electrons. The van der Waals surface area contributed by atoms with Gasteiger partial charge < -0.3 is 20.6 Å². The molecule has 4 aromatic rings. The van der Waals surface area contributed by atoms with Gasteiger partial charge in [0.1, 0.15) is 6.67 Å². The third-order valence-corrected chi connectivity index (χ3v) is 9.20. The van der Waals surface area contributed by atoms with Crippen molar-refractivity contribution in [2.45, 2.75) is 44.7 Å². The van der Waals surface area contributed by atoms with Gasteiger partial charge in [0, 0.05) is 54.2 Å². The summed E-state index contributed by atoms with van der Waals surface area (Å²) < 4.78 is 13.1. The number of rotatable bonds is 13. The molecule has 0 saturated carbocycles. The molecule has 47 heavy (non-hydrogen) atoms. The lowest BCUT2D eigenvalue weighted by Gasteiger charge is -2.29. The summed E-state index contributed by atoms with van der Waals surface area (Å²) in [5.74, 6) is -0.475. The number of nitrogens with one attached hydrogen (secondary N) is 2. The van der Waals surface area contributed by atoms with E-state index in [0.717, 1.165) is 42.7 Å². The number of aromatic nitrogens is 1. The van der Waals surface area contributed by atoms with Crippen molar-refractivity contribution in [3.8, 4) is 11.3 Å². The first-order chi connectivity index (χ1) is 22.8. The van der Waals surface area contributed by atoms with Crippen molar-refractivity contribution >= 4 is 52.5 Å². The smallest absolute Gasteiger partial charge is 0.304 e. The molecule has 2 amide bonds. The fraction of sp³-hybridized carbons (Fsp3) is 0.278. The highest BCUT2D eigenvalue weighted by Crippen LogP contribution is 2.34. The second kappa shape index (κ2) is 16.4. The molecule has 0 spiro atoms. The minimum absolute atomic E-state index is 0.0808. The number of benzene rings is 3. The molecule has 0 aliphatic carbocycles. The number of pyridine rings is 1. The molecule has 0 unspecified atom stereocenters. The Morgan fingerprint density at radius 1 is 0.915 bits per heavy atom. The van der Waals surface area contributed by atoms with Crippen molar-refractivity contribution in [2.75, 3.05) is 29.1 Å². The van der Waals surface area contributed by atoms with Crippen LogP contribution < -0.4 is 15.5 Å². The van der Waals surface area contributed by atoms with E-state index in [1.807, 2.05) is 36.4 Å².